The van der Waals surface area contributed by atoms with E-state index in [4.69, 9.17) is 21.1 Å². The van der Waals surface area contributed by atoms with Gasteiger partial charge >= 0.3 is 0 Å². The molecule has 4 heterocycles. The molecule has 1 aliphatic heterocycles. The number of methoxy groups -OCH3 is 1. The molecule has 182 valence electrons. The zero-order valence-electron chi connectivity index (χ0n) is 19.3. The second-order valence-electron chi connectivity index (χ2n) is 8.28. The molecule has 10 nitrogen and oxygen atoms in total. The quantitative estimate of drug-likeness (QED) is 0.453. The van der Waals surface area contributed by atoms with Crippen molar-refractivity contribution in [1.82, 2.24) is 29.7 Å². The minimum absolute atomic E-state index is 0.00396. The Kier molecular flexibility index (Phi) is 7.44. The summed E-state index contributed by atoms with van der Waals surface area (Å²) in [4.78, 5) is 12.9. The number of ether oxygens (including phenoxy) is 2. The summed E-state index contributed by atoms with van der Waals surface area (Å²) in [6.07, 6.45) is 4.39. The Hall–Kier alpha value is -2.63. The summed E-state index contributed by atoms with van der Waals surface area (Å²) in [5.41, 5.74) is 0.568. The number of pyridine rings is 1. The molecule has 1 saturated heterocycles. The Morgan fingerprint density at radius 1 is 1.18 bits per heavy atom. The lowest BCUT2D eigenvalue weighted by molar-refractivity contribution is 0.0693. The second kappa shape index (κ2) is 10.3. The normalized spacial score (nSPS) is 16.8. The highest BCUT2D eigenvalue weighted by Gasteiger charge is 2.33. The van der Waals surface area contributed by atoms with Gasteiger partial charge < -0.3 is 14.0 Å². The van der Waals surface area contributed by atoms with Gasteiger partial charge in [-0.05, 0) is 25.8 Å². The predicted octanol–water partition coefficient (Wildman–Crippen LogP) is 3.25. The van der Waals surface area contributed by atoms with Gasteiger partial charge in [0, 0.05) is 43.6 Å². The van der Waals surface area contributed by atoms with E-state index in [0.29, 0.717) is 47.3 Å². The summed E-state index contributed by atoms with van der Waals surface area (Å²) < 4.78 is 39.5. The van der Waals surface area contributed by atoms with Crippen LogP contribution in [0.5, 0.6) is 5.88 Å². The van der Waals surface area contributed by atoms with E-state index in [2.05, 4.69) is 25.1 Å². The molecule has 0 spiro atoms. The summed E-state index contributed by atoms with van der Waals surface area (Å²) in [5.74, 6) is 1.06. The van der Waals surface area contributed by atoms with Crippen LogP contribution in [0.15, 0.2) is 30.6 Å². The molecule has 0 N–H and O–H groups in total. The fraction of sp³-hybridized carbons (Fsp3) is 0.500. The van der Waals surface area contributed by atoms with Crippen LogP contribution in [0.2, 0.25) is 5.02 Å². The molecule has 0 bridgehead atoms. The van der Waals surface area contributed by atoms with Gasteiger partial charge in [0.25, 0.3) is 0 Å². The van der Waals surface area contributed by atoms with Gasteiger partial charge in [-0.25, -0.2) is 23.4 Å². The molecule has 1 fully saturated rings. The van der Waals surface area contributed by atoms with Crippen molar-refractivity contribution in [2.75, 3.05) is 20.3 Å². The van der Waals surface area contributed by atoms with Gasteiger partial charge in [0.1, 0.15) is 23.1 Å². The van der Waals surface area contributed by atoms with E-state index in [9.17, 15) is 8.42 Å². The molecule has 0 amide bonds. The van der Waals surface area contributed by atoms with Crippen LogP contribution in [0.1, 0.15) is 50.3 Å². The maximum absolute atomic E-state index is 13.4. The Morgan fingerprint density at radius 3 is 2.56 bits per heavy atom. The van der Waals surface area contributed by atoms with Gasteiger partial charge in [-0.3, -0.25) is 0 Å². The van der Waals surface area contributed by atoms with Crippen molar-refractivity contribution < 1.29 is 17.9 Å². The van der Waals surface area contributed by atoms with Gasteiger partial charge in [-0.15, -0.1) is 10.2 Å². The fourth-order valence-electron chi connectivity index (χ4n) is 3.97. The summed E-state index contributed by atoms with van der Waals surface area (Å²) in [5, 5.41) is 8.30. The van der Waals surface area contributed by atoms with Crippen LogP contribution >= 0.6 is 11.6 Å². The topological polar surface area (TPSA) is 122 Å². The van der Waals surface area contributed by atoms with Crippen molar-refractivity contribution in [3.8, 4) is 17.4 Å². The predicted molar refractivity (Wildman–Crippen MR) is 126 cm³/mol. The molecule has 1 aliphatic rings. The van der Waals surface area contributed by atoms with Crippen molar-refractivity contribution in [3.63, 3.8) is 0 Å². The number of hydrogen-bond acceptors (Lipinski definition) is 9. The SMILES string of the molecule is COc1cccc(-c2nnc(CS(=O)(=O)[C@@H](C)[C@H](C)c3ncc(Cl)cn3)n2C2CCOCC2)n1. The van der Waals surface area contributed by atoms with E-state index >= 15 is 0 Å². The lowest BCUT2D eigenvalue weighted by Crippen LogP contribution is -2.29. The number of nitrogens with zero attached hydrogens (tertiary/aromatic N) is 6. The number of sulfone groups is 1. The highest BCUT2D eigenvalue weighted by Crippen LogP contribution is 2.31. The molecule has 0 radical (unpaired) electrons. The number of rotatable bonds is 8. The molecule has 4 rings (SSSR count). The summed E-state index contributed by atoms with van der Waals surface area (Å²) >= 11 is 5.87. The van der Waals surface area contributed by atoms with Gasteiger partial charge in [-0.1, -0.05) is 24.6 Å². The highest BCUT2D eigenvalue weighted by atomic mass is 35.5. The second-order valence-corrected chi connectivity index (χ2v) is 11.1. The van der Waals surface area contributed by atoms with Gasteiger partial charge in [0.15, 0.2) is 15.7 Å². The molecule has 0 aromatic carbocycles. The summed E-state index contributed by atoms with van der Waals surface area (Å²) in [6.45, 7) is 4.63. The van der Waals surface area contributed by atoms with Crippen LogP contribution in [-0.4, -0.2) is 63.7 Å². The van der Waals surface area contributed by atoms with Crippen molar-refractivity contribution in [2.45, 2.75) is 49.7 Å². The van der Waals surface area contributed by atoms with E-state index in [1.807, 2.05) is 16.7 Å². The largest absolute Gasteiger partial charge is 0.481 e. The lowest BCUT2D eigenvalue weighted by Gasteiger charge is -2.26. The molecular weight excluding hydrogens is 480 g/mol. The lowest BCUT2D eigenvalue weighted by atomic mass is 10.1. The number of halogens is 1. The number of hydrogen-bond donors (Lipinski definition) is 0. The molecule has 3 aromatic rings. The molecule has 0 saturated carbocycles. The van der Waals surface area contributed by atoms with E-state index in [0.717, 1.165) is 12.8 Å². The smallest absolute Gasteiger partial charge is 0.213 e. The van der Waals surface area contributed by atoms with Crippen LogP contribution in [0.25, 0.3) is 11.5 Å². The van der Waals surface area contributed by atoms with E-state index < -0.39 is 21.0 Å². The third-order valence-corrected chi connectivity index (χ3v) is 8.53. The van der Waals surface area contributed by atoms with Gasteiger partial charge in [0.2, 0.25) is 5.88 Å². The minimum atomic E-state index is -3.63. The first-order valence-corrected chi connectivity index (χ1v) is 13.1. The van der Waals surface area contributed by atoms with Crippen molar-refractivity contribution >= 4 is 21.4 Å². The van der Waals surface area contributed by atoms with Gasteiger partial charge in [-0.2, -0.15) is 0 Å². The Labute approximate surface area is 203 Å². The minimum Gasteiger partial charge on any atom is -0.481 e. The molecule has 2 atom stereocenters. The highest BCUT2D eigenvalue weighted by molar-refractivity contribution is 7.91. The average molecular weight is 507 g/mol. The zero-order chi connectivity index (χ0) is 24.3. The van der Waals surface area contributed by atoms with E-state index in [-0.39, 0.29) is 11.8 Å². The van der Waals surface area contributed by atoms with Crippen molar-refractivity contribution in [2.24, 2.45) is 0 Å². The molecule has 12 heteroatoms. The van der Waals surface area contributed by atoms with Crippen LogP contribution < -0.4 is 4.74 Å². The fourth-order valence-corrected chi connectivity index (χ4v) is 5.63. The first kappa shape index (κ1) is 24.5. The molecule has 34 heavy (non-hydrogen) atoms. The van der Waals surface area contributed by atoms with E-state index in [1.165, 1.54) is 12.4 Å². The Bertz CT molecular complexity index is 1230. The molecule has 3 aromatic heterocycles. The van der Waals surface area contributed by atoms with Crippen LogP contribution in [-0.2, 0) is 20.3 Å². The van der Waals surface area contributed by atoms with Crippen LogP contribution in [0.3, 0.4) is 0 Å². The third kappa shape index (κ3) is 5.21. The van der Waals surface area contributed by atoms with Crippen LogP contribution in [0, 0.1) is 0 Å². The first-order chi connectivity index (χ1) is 16.3. The zero-order valence-corrected chi connectivity index (χ0v) is 20.8. The molecular formula is C22H27ClN6O4S. The van der Waals surface area contributed by atoms with Gasteiger partial charge in [0.05, 0.1) is 17.4 Å². The first-order valence-electron chi connectivity index (χ1n) is 11.0. The van der Waals surface area contributed by atoms with Crippen LogP contribution in [0.4, 0.5) is 0 Å². The third-order valence-electron chi connectivity index (χ3n) is 6.13. The molecule has 0 aliphatic carbocycles. The van der Waals surface area contributed by atoms with Crippen molar-refractivity contribution in [3.05, 3.63) is 47.3 Å². The van der Waals surface area contributed by atoms with Crippen molar-refractivity contribution in [1.29, 1.82) is 0 Å². The maximum atomic E-state index is 13.4. The maximum Gasteiger partial charge on any atom is 0.213 e. The van der Waals surface area contributed by atoms with E-state index in [1.54, 1.807) is 27.0 Å². The average Bonchev–Trinajstić information content (AvgIpc) is 3.27. The Balaban J connectivity index is 1.67. The summed E-state index contributed by atoms with van der Waals surface area (Å²) in [6, 6.07) is 5.37. The monoisotopic (exact) mass is 506 g/mol. The number of aromatic nitrogens is 6. The summed E-state index contributed by atoms with van der Waals surface area (Å²) in [7, 11) is -2.08. The standard InChI is InChI=1S/C22H27ClN6O4S/c1-14(21-24-11-16(23)12-25-21)15(2)34(30,31)13-19-27-28-22(18-5-4-6-20(26-18)32-3)29(19)17-7-9-33-10-8-17/h4-6,11-12,14-15,17H,7-10,13H2,1-3H3/t14-,15-/m0/s1. The Morgan fingerprint density at radius 2 is 1.88 bits per heavy atom. The molecule has 0 unspecified atom stereocenters.